The number of rotatable bonds is 4. The maximum absolute atomic E-state index is 9.34. The lowest BCUT2D eigenvalue weighted by Gasteiger charge is -2.13. The number of hydrogen-bond acceptors (Lipinski definition) is 2. The van der Waals surface area contributed by atoms with Crippen LogP contribution in [-0.4, -0.2) is 5.11 Å². The van der Waals surface area contributed by atoms with Crippen LogP contribution in [0.1, 0.15) is 37.8 Å². The number of unbranched alkanes of at least 4 members (excludes halogenated alkanes) is 1. The average molecular weight is 258 g/mol. The summed E-state index contributed by atoms with van der Waals surface area (Å²) in [5.74, 6) is 0.273. The number of nitrogens with two attached hydrogens (primary N) is 1. The Hall–Kier alpha value is -0.540. The van der Waals surface area contributed by atoms with Gasteiger partial charge in [0, 0.05) is 10.5 Å². The zero-order valence-corrected chi connectivity index (χ0v) is 9.92. The summed E-state index contributed by atoms with van der Waals surface area (Å²) in [5, 5.41) is 9.34. The normalized spacial score (nSPS) is 12.8. The van der Waals surface area contributed by atoms with Gasteiger partial charge in [-0.05, 0) is 30.2 Å². The maximum Gasteiger partial charge on any atom is 0.115 e. The van der Waals surface area contributed by atoms with Gasteiger partial charge in [0.15, 0.2) is 0 Å². The summed E-state index contributed by atoms with van der Waals surface area (Å²) < 4.78 is 0.971. The highest BCUT2D eigenvalue weighted by Crippen LogP contribution is 2.28. The van der Waals surface area contributed by atoms with Gasteiger partial charge >= 0.3 is 0 Å². The summed E-state index contributed by atoms with van der Waals surface area (Å²) in [5.41, 5.74) is 6.99. The topological polar surface area (TPSA) is 46.2 Å². The summed E-state index contributed by atoms with van der Waals surface area (Å²) in [6.45, 7) is 2.14. The first-order valence-corrected chi connectivity index (χ1v) is 5.68. The molecule has 1 aromatic rings. The Morgan fingerprint density at radius 3 is 2.86 bits per heavy atom. The van der Waals surface area contributed by atoms with E-state index in [2.05, 4.69) is 22.9 Å². The summed E-state index contributed by atoms with van der Waals surface area (Å²) >= 11 is 3.43. The Morgan fingerprint density at radius 1 is 1.50 bits per heavy atom. The molecule has 78 valence electrons. The quantitative estimate of drug-likeness (QED) is 0.869. The van der Waals surface area contributed by atoms with Gasteiger partial charge in [0.1, 0.15) is 5.75 Å². The van der Waals surface area contributed by atoms with Gasteiger partial charge in [0.2, 0.25) is 0 Å². The molecule has 14 heavy (non-hydrogen) atoms. The van der Waals surface area contributed by atoms with Crippen LogP contribution in [0.25, 0.3) is 0 Å². The highest BCUT2D eigenvalue weighted by atomic mass is 79.9. The standard InChI is InChI=1S/C11H16BrNO/c1-2-3-4-11(13)9-7-8(14)5-6-10(9)12/h5-7,11,14H,2-4,13H2,1H3/t11-/m0/s1. The molecule has 1 atom stereocenters. The molecule has 3 N–H and O–H groups in total. The lowest BCUT2D eigenvalue weighted by molar-refractivity contribution is 0.472. The summed E-state index contributed by atoms with van der Waals surface area (Å²) in [4.78, 5) is 0. The van der Waals surface area contributed by atoms with Gasteiger partial charge in [-0.1, -0.05) is 35.7 Å². The molecule has 0 bridgehead atoms. The molecule has 0 aromatic heterocycles. The molecule has 1 aromatic carbocycles. The van der Waals surface area contributed by atoms with E-state index < -0.39 is 0 Å². The van der Waals surface area contributed by atoms with Crippen LogP contribution in [0, 0.1) is 0 Å². The molecule has 0 aliphatic heterocycles. The Balaban J connectivity index is 2.77. The van der Waals surface area contributed by atoms with E-state index >= 15 is 0 Å². The molecule has 0 unspecified atom stereocenters. The van der Waals surface area contributed by atoms with Crippen LogP contribution < -0.4 is 5.73 Å². The number of halogens is 1. The van der Waals surface area contributed by atoms with E-state index in [1.165, 1.54) is 0 Å². The second kappa shape index (κ2) is 5.37. The highest BCUT2D eigenvalue weighted by Gasteiger charge is 2.09. The lowest BCUT2D eigenvalue weighted by atomic mass is 10.0. The predicted octanol–water partition coefficient (Wildman–Crippen LogP) is 3.34. The van der Waals surface area contributed by atoms with E-state index in [0.29, 0.717) is 0 Å². The van der Waals surface area contributed by atoms with Crippen LogP contribution in [0.4, 0.5) is 0 Å². The first kappa shape index (κ1) is 11.5. The van der Waals surface area contributed by atoms with Crippen LogP contribution >= 0.6 is 15.9 Å². The SMILES string of the molecule is CCCC[C@H](N)c1cc(O)ccc1Br. The average Bonchev–Trinajstić information content (AvgIpc) is 2.18. The third-order valence-corrected chi connectivity index (χ3v) is 2.97. The first-order valence-electron chi connectivity index (χ1n) is 4.89. The van der Waals surface area contributed by atoms with Gasteiger partial charge in [0.05, 0.1) is 0 Å². The van der Waals surface area contributed by atoms with E-state index in [1.54, 1.807) is 12.1 Å². The van der Waals surface area contributed by atoms with Crippen LogP contribution in [0.15, 0.2) is 22.7 Å². The number of phenols is 1. The molecule has 0 radical (unpaired) electrons. The van der Waals surface area contributed by atoms with Crippen LogP contribution in [-0.2, 0) is 0 Å². The summed E-state index contributed by atoms with van der Waals surface area (Å²) in [7, 11) is 0. The molecular weight excluding hydrogens is 242 g/mol. The Bertz CT molecular complexity index is 301. The lowest BCUT2D eigenvalue weighted by Crippen LogP contribution is -2.10. The number of phenolic OH excluding ortho intramolecular Hbond substituents is 1. The molecule has 0 spiro atoms. The highest BCUT2D eigenvalue weighted by molar-refractivity contribution is 9.10. The molecule has 0 saturated heterocycles. The molecule has 0 aliphatic carbocycles. The minimum absolute atomic E-state index is 0.0106. The van der Waals surface area contributed by atoms with Crippen molar-refractivity contribution >= 4 is 15.9 Å². The third-order valence-electron chi connectivity index (χ3n) is 2.25. The van der Waals surface area contributed by atoms with E-state index in [-0.39, 0.29) is 11.8 Å². The Labute approximate surface area is 93.3 Å². The fourth-order valence-corrected chi connectivity index (χ4v) is 1.94. The fourth-order valence-electron chi connectivity index (χ4n) is 1.39. The van der Waals surface area contributed by atoms with E-state index in [1.807, 2.05) is 6.07 Å². The zero-order valence-electron chi connectivity index (χ0n) is 8.33. The minimum Gasteiger partial charge on any atom is -0.508 e. The molecule has 0 aliphatic rings. The predicted molar refractivity (Wildman–Crippen MR) is 62.3 cm³/mol. The van der Waals surface area contributed by atoms with Gasteiger partial charge in [-0.25, -0.2) is 0 Å². The molecule has 2 nitrogen and oxygen atoms in total. The number of aromatic hydroxyl groups is 1. The van der Waals surface area contributed by atoms with Crippen molar-refractivity contribution < 1.29 is 5.11 Å². The molecule has 0 fully saturated rings. The van der Waals surface area contributed by atoms with Crippen molar-refractivity contribution in [2.75, 3.05) is 0 Å². The van der Waals surface area contributed by atoms with Crippen LogP contribution in [0.2, 0.25) is 0 Å². The van der Waals surface area contributed by atoms with E-state index in [4.69, 9.17) is 5.73 Å². The molecule has 1 rings (SSSR count). The van der Waals surface area contributed by atoms with Crippen LogP contribution in [0.3, 0.4) is 0 Å². The largest absolute Gasteiger partial charge is 0.508 e. The van der Waals surface area contributed by atoms with Crippen LogP contribution in [0.5, 0.6) is 5.75 Å². The molecule has 0 heterocycles. The van der Waals surface area contributed by atoms with E-state index in [9.17, 15) is 5.11 Å². The second-order valence-corrected chi connectivity index (χ2v) is 4.31. The van der Waals surface area contributed by atoms with E-state index in [0.717, 1.165) is 29.3 Å². The van der Waals surface area contributed by atoms with Crippen molar-refractivity contribution in [3.05, 3.63) is 28.2 Å². The van der Waals surface area contributed by atoms with Gasteiger partial charge < -0.3 is 10.8 Å². The molecular formula is C11H16BrNO. The maximum atomic E-state index is 9.34. The van der Waals surface area contributed by atoms with Gasteiger partial charge in [-0.15, -0.1) is 0 Å². The van der Waals surface area contributed by atoms with Crippen molar-refractivity contribution in [3.63, 3.8) is 0 Å². The van der Waals surface area contributed by atoms with Gasteiger partial charge in [0.25, 0.3) is 0 Å². The van der Waals surface area contributed by atoms with Crippen molar-refractivity contribution in [2.24, 2.45) is 5.73 Å². The Morgan fingerprint density at radius 2 is 2.21 bits per heavy atom. The molecule has 3 heteroatoms. The van der Waals surface area contributed by atoms with Crippen molar-refractivity contribution in [1.29, 1.82) is 0 Å². The molecule has 0 saturated carbocycles. The second-order valence-electron chi connectivity index (χ2n) is 3.45. The summed E-state index contributed by atoms with van der Waals surface area (Å²) in [6, 6.07) is 5.22. The third kappa shape index (κ3) is 3.00. The summed E-state index contributed by atoms with van der Waals surface area (Å²) in [6.07, 6.45) is 3.21. The smallest absolute Gasteiger partial charge is 0.115 e. The molecule has 0 amide bonds. The van der Waals surface area contributed by atoms with Crippen molar-refractivity contribution in [3.8, 4) is 5.75 Å². The number of hydrogen-bond donors (Lipinski definition) is 2. The van der Waals surface area contributed by atoms with Crippen molar-refractivity contribution in [2.45, 2.75) is 32.2 Å². The zero-order chi connectivity index (χ0) is 10.6. The Kier molecular flexibility index (Phi) is 4.42. The fraction of sp³-hybridized carbons (Fsp3) is 0.455. The monoisotopic (exact) mass is 257 g/mol. The van der Waals surface area contributed by atoms with Gasteiger partial charge in [-0.2, -0.15) is 0 Å². The van der Waals surface area contributed by atoms with Crippen molar-refractivity contribution in [1.82, 2.24) is 0 Å². The van der Waals surface area contributed by atoms with Gasteiger partial charge in [-0.3, -0.25) is 0 Å². The minimum atomic E-state index is 0.0106. The first-order chi connectivity index (χ1) is 6.65. The number of benzene rings is 1.